The summed E-state index contributed by atoms with van der Waals surface area (Å²) >= 11 is 0. The van der Waals surface area contributed by atoms with Gasteiger partial charge >= 0.3 is 12.1 Å². The van der Waals surface area contributed by atoms with Crippen molar-refractivity contribution in [1.82, 2.24) is 24.7 Å². The fourth-order valence-corrected chi connectivity index (χ4v) is 4.03. The number of benzene rings is 1. The minimum atomic E-state index is -4.57. The van der Waals surface area contributed by atoms with Crippen LogP contribution < -0.4 is 9.64 Å². The van der Waals surface area contributed by atoms with Crippen molar-refractivity contribution in [2.75, 3.05) is 18.1 Å². The fraction of sp³-hybridized carbons (Fsp3) is 0.217. The maximum atomic E-state index is 13.3. The smallest absolute Gasteiger partial charge is 0.433 e. The summed E-state index contributed by atoms with van der Waals surface area (Å²) in [4.78, 5) is 38.4. The number of anilines is 1. The summed E-state index contributed by atoms with van der Waals surface area (Å²) in [5.41, 5.74) is 0.791. The molecule has 0 saturated heterocycles. The highest BCUT2D eigenvalue weighted by atomic mass is 19.4. The molecule has 184 valence electrons. The van der Waals surface area contributed by atoms with Crippen LogP contribution in [0.1, 0.15) is 32.2 Å². The van der Waals surface area contributed by atoms with E-state index in [1.54, 1.807) is 25.1 Å². The Hall–Kier alpha value is -4.55. The zero-order chi connectivity index (χ0) is 25.8. The van der Waals surface area contributed by atoms with Gasteiger partial charge in [0.15, 0.2) is 17.3 Å². The fourth-order valence-electron chi connectivity index (χ4n) is 4.03. The maximum Gasteiger partial charge on any atom is 0.433 e. The number of aromatic nitrogens is 5. The number of alkyl halides is 3. The summed E-state index contributed by atoms with van der Waals surface area (Å²) in [6, 6.07) is 7.24. The van der Waals surface area contributed by atoms with Gasteiger partial charge < -0.3 is 14.7 Å². The van der Waals surface area contributed by atoms with Gasteiger partial charge in [0.05, 0.1) is 18.3 Å². The second kappa shape index (κ2) is 8.29. The molecule has 1 N–H and O–H groups in total. The van der Waals surface area contributed by atoms with Gasteiger partial charge in [0.1, 0.15) is 17.8 Å². The number of halogens is 3. The van der Waals surface area contributed by atoms with Crippen molar-refractivity contribution in [2.45, 2.75) is 13.1 Å². The lowest BCUT2D eigenvalue weighted by Gasteiger charge is -2.22. The molecule has 1 aliphatic rings. The first-order valence-electron chi connectivity index (χ1n) is 10.6. The van der Waals surface area contributed by atoms with E-state index >= 15 is 0 Å². The Bertz CT molecular complexity index is 1550. The van der Waals surface area contributed by atoms with Gasteiger partial charge in [0.2, 0.25) is 5.69 Å². The molecule has 36 heavy (non-hydrogen) atoms. The summed E-state index contributed by atoms with van der Waals surface area (Å²) in [5.74, 6) is -1.55. The number of nitrogens with zero attached hydrogens (tertiary/aromatic N) is 6. The van der Waals surface area contributed by atoms with Crippen LogP contribution in [-0.4, -0.2) is 54.9 Å². The normalized spacial score (nSPS) is 13.9. The van der Waals surface area contributed by atoms with Gasteiger partial charge in [0, 0.05) is 18.3 Å². The molecule has 5 rings (SSSR count). The summed E-state index contributed by atoms with van der Waals surface area (Å²) < 4.78 is 45.5. The first kappa shape index (κ1) is 23.2. The van der Waals surface area contributed by atoms with Crippen molar-refractivity contribution < 1.29 is 32.6 Å². The number of carboxylic acid groups (broad SMARTS) is 1. The molecule has 0 spiro atoms. The Kier molecular flexibility index (Phi) is 5.34. The van der Waals surface area contributed by atoms with Crippen LogP contribution in [0.5, 0.6) is 5.75 Å². The number of carbonyl (C=O) groups excluding carboxylic acids is 1. The number of pyridine rings is 1. The predicted molar refractivity (Wildman–Crippen MR) is 120 cm³/mol. The van der Waals surface area contributed by atoms with E-state index in [0.717, 1.165) is 6.07 Å². The molecule has 1 amide bonds. The number of carbonyl (C=O) groups is 2. The Labute approximate surface area is 201 Å². The zero-order valence-corrected chi connectivity index (χ0v) is 18.9. The first-order valence-corrected chi connectivity index (χ1v) is 10.6. The molecule has 10 nitrogen and oxygen atoms in total. The lowest BCUT2D eigenvalue weighted by Crippen LogP contribution is -2.34. The molecular weight excluding hydrogens is 481 g/mol. The third-order valence-electron chi connectivity index (χ3n) is 5.69. The number of rotatable bonds is 3. The van der Waals surface area contributed by atoms with Gasteiger partial charge in [-0.25, -0.2) is 19.7 Å². The van der Waals surface area contributed by atoms with Gasteiger partial charge in [-0.2, -0.15) is 18.3 Å². The molecule has 0 radical (unpaired) electrons. The summed E-state index contributed by atoms with van der Waals surface area (Å²) in [6.07, 6.45) is -3.34. The number of fused-ring (bicyclic) bond motifs is 2. The van der Waals surface area contributed by atoms with Gasteiger partial charge in [-0.05, 0) is 42.8 Å². The highest BCUT2D eigenvalue weighted by Crippen LogP contribution is 2.33. The largest absolute Gasteiger partial charge is 0.487 e. The Balaban J connectivity index is 1.48. The Morgan fingerprint density at radius 2 is 1.92 bits per heavy atom. The lowest BCUT2D eigenvalue weighted by atomic mass is 10.1. The topological polar surface area (TPSA) is 123 Å². The molecule has 1 aliphatic heterocycles. The van der Waals surface area contributed by atoms with Crippen molar-refractivity contribution in [3.05, 3.63) is 59.2 Å². The quantitative estimate of drug-likeness (QED) is 0.455. The first-order chi connectivity index (χ1) is 17.0. The zero-order valence-electron chi connectivity index (χ0n) is 18.9. The summed E-state index contributed by atoms with van der Waals surface area (Å²) in [5, 5.41) is 13.3. The van der Waals surface area contributed by atoms with Crippen LogP contribution in [-0.2, 0) is 13.2 Å². The van der Waals surface area contributed by atoms with Crippen LogP contribution in [0.4, 0.5) is 18.9 Å². The van der Waals surface area contributed by atoms with Gasteiger partial charge in [-0.15, -0.1) is 0 Å². The van der Waals surface area contributed by atoms with Crippen LogP contribution >= 0.6 is 0 Å². The van der Waals surface area contributed by atoms with Crippen molar-refractivity contribution in [3.8, 4) is 17.1 Å². The highest BCUT2D eigenvalue weighted by molar-refractivity contribution is 6.09. The monoisotopic (exact) mass is 498 g/mol. The van der Waals surface area contributed by atoms with Crippen LogP contribution in [0.15, 0.2) is 36.5 Å². The second-order valence-electron chi connectivity index (χ2n) is 8.05. The van der Waals surface area contributed by atoms with Crippen LogP contribution in [0, 0.1) is 6.92 Å². The molecule has 13 heteroatoms. The Morgan fingerprint density at radius 3 is 2.61 bits per heavy atom. The van der Waals surface area contributed by atoms with Gasteiger partial charge in [0.25, 0.3) is 5.91 Å². The number of ether oxygens (including phenoxy) is 1. The Morgan fingerprint density at radius 1 is 1.14 bits per heavy atom. The number of hydrogen-bond donors (Lipinski definition) is 1. The lowest BCUT2D eigenvalue weighted by molar-refractivity contribution is -0.140. The summed E-state index contributed by atoms with van der Waals surface area (Å²) in [7, 11) is 1.47. The highest BCUT2D eigenvalue weighted by Gasteiger charge is 2.34. The van der Waals surface area contributed by atoms with Crippen LogP contribution in [0.2, 0.25) is 0 Å². The SMILES string of the molecule is Cc1cc(-c2ncc3nc(C(F)(F)F)ccc3n2)ccc1N1CCOc2c(C(=O)O)nn(C)c2C1=O. The molecular formula is C23H17F3N6O4. The average Bonchev–Trinajstić information content (AvgIpc) is 3.06. The minimum absolute atomic E-state index is 0.0183. The molecule has 1 aromatic carbocycles. The second-order valence-corrected chi connectivity index (χ2v) is 8.05. The van der Waals surface area contributed by atoms with E-state index in [1.807, 2.05) is 0 Å². The van der Waals surface area contributed by atoms with E-state index in [9.17, 15) is 27.9 Å². The van der Waals surface area contributed by atoms with Crippen LogP contribution in [0.25, 0.3) is 22.4 Å². The molecule has 4 heterocycles. The number of aromatic carboxylic acids is 1. The molecule has 0 aliphatic carbocycles. The average molecular weight is 498 g/mol. The number of hydrogen-bond acceptors (Lipinski definition) is 7. The number of amides is 1. The van der Waals surface area contributed by atoms with Crippen molar-refractivity contribution >= 4 is 28.6 Å². The summed E-state index contributed by atoms with van der Waals surface area (Å²) in [6.45, 7) is 2.02. The van der Waals surface area contributed by atoms with E-state index < -0.39 is 23.7 Å². The van der Waals surface area contributed by atoms with E-state index in [2.05, 4.69) is 20.1 Å². The van der Waals surface area contributed by atoms with Gasteiger partial charge in [-0.1, -0.05) is 0 Å². The van der Waals surface area contributed by atoms with E-state index in [1.165, 1.54) is 28.9 Å². The molecule has 0 atom stereocenters. The van der Waals surface area contributed by atoms with Crippen LogP contribution in [0.3, 0.4) is 0 Å². The van der Waals surface area contributed by atoms with E-state index in [0.29, 0.717) is 16.8 Å². The van der Waals surface area contributed by atoms with Crippen molar-refractivity contribution in [2.24, 2.45) is 7.05 Å². The molecule has 3 aromatic heterocycles. The standard InChI is InChI=1S/C23H17F3N6O4/c1-11-9-12(20-27-10-14-13(29-20)4-6-16(28-14)23(24,25)26)3-5-15(11)32-7-8-36-19-17(22(34)35)30-31(2)18(19)21(32)33/h3-6,9-10H,7-8H2,1-2H3,(H,34,35). The number of carboxylic acids is 1. The minimum Gasteiger partial charge on any atom is -0.487 e. The molecule has 0 unspecified atom stereocenters. The molecule has 0 saturated carbocycles. The predicted octanol–water partition coefficient (Wildman–Crippen LogP) is 3.49. The third-order valence-corrected chi connectivity index (χ3v) is 5.69. The third kappa shape index (κ3) is 3.87. The molecule has 0 fully saturated rings. The van der Waals surface area contributed by atoms with E-state index in [4.69, 9.17) is 4.74 Å². The molecule has 4 aromatic rings. The maximum absolute atomic E-state index is 13.3. The van der Waals surface area contributed by atoms with E-state index in [-0.39, 0.29) is 47.1 Å². The molecule has 0 bridgehead atoms. The van der Waals surface area contributed by atoms with Crippen molar-refractivity contribution in [3.63, 3.8) is 0 Å². The van der Waals surface area contributed by atoms with Crippen molar-refractivity contribution in [1.29, 1.82) is 0 Å². The number of aryl methyl sites for hydroxylation is 2. The van der Waals surface area contributed by atoms with Gasteiger partial charge in [-0.3, -0.25) is 9.48 Å².